The number of ether oxygens (including phenoxy) is 4. The molecule has 0 radical (unpaired) electrons. The molecule has 0 N–H and O–H groups in total. The number of hydrogen-bond acceptors (Lipinski definition) is 12. The highest BCUT2D eigenvalue weighted by atomic mass is 16.8. The number of cyclic esters (lactones) is 4. The molecule has 208 valence electrons. The van der Waals surface area contributed by atoms with E-state index in [1.54, 1.807) is 12.1 Å². The lowest BCUT2D eigenvalue weighted by Crippen LogP contribution is -2.41. The summed E-state index contributed by atoms with van der Waals surface area (Å²) in [6.45, 7) is 5.68. The maximum absolute atomic E-state index is 11.7. The Bertz CT molecular complexity index is 1330. The van der Waals surface area contributed by atoms with E-state index >= 15 is 0 Å². The zero-order valence-electron chi connectivity index (χ0n) is 21.6. The third kappa shape index (κ3) is 6.92. The first kappa shape index (κ1) is 29.2. The number of nitro benzene ring substituents is 2. The summed E-state index contributed by atoms with van der Waals surface area (Å²) < 4.78 is 19.6. The molecule has 0 unspecified atom stereocenters. The van der Waals surface area contributed by atoms with Gasteiger partial charge in [-0.15, -0.1) is 0 Å². The summed E-state index contributed by atoms with van der Waals surface area (Å²) in [6.07, 6.45) is 2.19. The highest BCUT2D eigenvalue weighted by Gasteiger charge is 2.40. The fourth-order valence-electron chi connectivity index (χ4n) is 3.42. The van der Waals surface area contributed by atoms with Gasteiger partial charge in [-0.3, -0.25) is 20.2 Å². The lowest BCUT2D eigenvalue weighted by molar-refractivity contribution is -0.385. The standard InChI is InChI=1S/2C13H11NO6/c2*1-13(2)19-11(15)9(12(16)20-13)7-8-5-3-4-6-10(8)14(17)18/h2*3-7H,1-2H3. The van der Waals surface area contributed by atoms with Gasteiger partial charge in [0.25, 0.3) is 22.9 Å². The van der Waals surface area contributed by atoms with Crippen LogP contribution in [0.3, 0.4) is 0 Å². The van der Waals surface area contributed by atoms with Crippen LogP contribution in [0.25, 0.3) is 12.2 Å². The summed E-state index contributed by atoms with van der Waals surface area (Å²) in [6, 6.07) is 11.5. The summed E-state index contributed by atoms with van der Waals surface area (Å²) in [7, 11) is 0. The van der Waals surface area contributed by atoms with Crippen LogP contribution in [-0.2, 0) is 38.1 Å². The summed E-state index contributed by atoms with van der Waals surface area (Å²) in [5.41, 5.74) is -0.935. The monoisotopic (exact) mass is 554 g/mol. The Labute approximate surface area is 226 Å². The normalized spacial score (nSPS) is 17.2. The number of carbonyl (C=O) groups is 4. The SMILES string of the molecule is CC1(C)OC(=O)C(=Cc2ccccc2[N+](=O)[O-])C(=O)O1.CC1(C)OC(=O)C(=Cc2ccccc2[N+](=O)[O-])C(=O)O1. The van der Waals surface area contributed by atoms with Crippen molar-refractivity contribution in [1.82, 2.24) is 0 Å². The van der Waals surface area contributed by atoms with Crippen LogP contribution in [0.5, 0.6) is 0 Å². The van der Waals surface area contributed by atoms with Gasteiger partial charge in [0.05, 0.1) is 21.0 Å². The molecule has 2 aromatic rings. The smallest absolute Gasteiger partial charge is 0.348 e. The number of carbonyl (C=O) groups excluding carboxylic acids is 4. The molecule has 2 aliphatic heterocycles. The Kier molecular flexibility index (Phi) is 8.13. The van der Waals surface area contributed by atoms with Gasteiger partial charge in [0.15, 0.2) is 0 Å². The first-order valence-electron chi connectivity index (χ1n) is 11.4. The van der Waals surface area contributed by atoms with Crippen LogP contribution >= 0.6 is 0 Å². The van der Waals surface area contributed by atoms with E-state index < -0.39 is 45.3 Å². The van der Waals surface area contributed by atoms with Crippen molar-refractivity contribution >= 4 is 47.4 Å². The van der Waals surface area contributed by atoms with Crippen LogP contribution in [0.1, 0.15) is 38.8 Å². The molecule has 2 aliphatic rings. The van der Waals surface area contributed by atoms with Crippen molar-refractivity contribution < 1.29 is 48.0 Å². The molecule has 2 fully saturated rings. The highest BCUT2D eigenvalue weighted by Crippen LogP contribution is 2.28. The first-order chi connectivity index (χ1) is 18.6. The lowest BCUT2D eigenvalue weighted by atomic mass is 10.1. The van der Waals surface area contributed by atoms with Crippen LogP contribution in [0.15, 0.2) is 59.7 Å². The summed E-state index contributed by atoms with van der Waals surface area (Å²) in [4.78, 5) is 67.5. The molecule has 2 heterocycles. The molecule has 14 nitrogen and oxygen atoms in total. The molecule has 0 atom stereocenters. The zero-order chi connectivity index (χ0) is 29.8. The average molecular weight is 554 g/mol. The van der Waals surface area contributed by atoms with Crippen molar-refractivity contribution in [2.75, 3.05) is 0 Å². The topological polar surface area (TPSA) is 191 Å². The van der Waals surface area contributed by atoms with Gasteiger partial charge in [0.2, 0.25) is 0 Å². The van der Waals surface area contributed by atoms with Gasteiger partial charge >= 0.3 is 23.9 Å². The number of rotatable bonds is 4. The van der Waals surface area contributed by atoms with Crippen molar-refractivity contribution in [2.24, 2.45) is 0 Å². The lowest BCUT2D eigenvalue weighted by Gasteiger charge is -2.29. The van der Waals surface area contributed by atoms with Crippen LogP contribution in [0, 0.1) is 20.2 Å². The minimum absolute atomic E-state index is 0.126. The molecular weight excluding hydrogens is 532 g/mol. The van der Waals surface area contributed by atoms with Gasteiger partial charge in [-0.2, -0.15) is 0 Å². The van der Waals surface area contributed by atoms with Gasteiger partial charge in [0.1, 0.15) is 11.1 Å². The minimum atomic E-state index is -1.34. The maximum Gasteiger partial charge on any atom is 0.348 e. The predicted molar refractivity (Wildman–Crippen MR) is 135 cm³/mol. The number of nitro groups is 2. The third-order valence-corrected chi connectivity index (χ3v) is 5.10. The van der Waals surface area contributed by atoms with Gasteiger partial charge in [-0.1, -0.05) is 24.3 Å². The van der Waals surface area contributed by atoms with E-state index in [9.17, 15) is 39.4 Å². The fraction of sp³-hybridized carbons (Fsp3) is 0.231. The van der Waals surface area contributed by atoms with E-state index in [1.807, 2.05) is 0 Å². The Balaban J connectivity index is 0.000000220. The van der Waals surface area contributed by atoms with Crippen LogP contribution in [0.4, 0.5) is 11.4 Å². The molecule has 14 heteroatoms. The van der Waals surface area contributed by atoms with E-state index in [-0.39, 0.29) is 33.6 Å². The van der Waals surface area contributed by atoms with E-state index in [4.69, 9.17) is 18.9 Å². The molecule has 0 aromatic heterocycles. The van der Waals surface area contributed by atoms with Gasteiger partial charge in [-0.25, -0.2) is 19.2 Å². The Morgan fingerprint density at radius 3 is 1.12 bits per heavy atom. The van der Waals surface area contributed by atoms with Crippen molar-refractivity contribution in [3.8, 4) is 0 Å². The molecule has 0 amide bonds. The second-order valence-corrected chi connectivity index (χ2v) is 9.11. The number of hydrogen-bond donors (Lipinski definition) is 0. The number of nitrogens with zero attached hydrogens (tertiary/aromatic N) is 2. The van der Waals surface area contributed by atoms with E-state index in [0.29, 0.717) is 0 Å². The number of para-hydroxylation sites is 2. The van der Waals surface area contributed by atoms with Crippen molar-refractivity contribution in [2.45, 2.75) is 39.3 Å². The Morgan fingerprint density at radius 2 is 0.850 bits per heavy atom. The average Bonchev–Trinajstić information content (AvgIpc) is 2.83. The predicted octanol–water partition coefficient (Wildman–Crippen LogP) is 3.63. The molecule has 0 saturated carbocycles. The van der Waals surface area contributed by atoms with E-state index in [2.05, 4.69) is 0 Å². The highest BCUT2D eigenvalue weighted by molar-refractivity contribution is 6.19. The van der Waals surface area contributed by atoms with Crippen molar-refractivity contribution in [3.05, 3.63) is 91.0 Å². The number of benzene rings is 2. The maximum atomic E-state index is 11.7. The molecular formula is C26H22N2O12. The van der Waals surface area contributed by atoms with Crippen molar-refractivity contribution in [1.29, 1.82) is 0 Å². The van der Waals surface area contributed by atoms with Crippen LogP contribution in [-0.4, -0.2) is 45.3 Å². The molecule has 40 heavy (non-hydrogen) atoms. The molecule has 0 bridgehead atoms. The number of esters is 4. The van der Waals surface area contributed by atoms with E-state index in [1.165, 1.54) is 64.1 Å². The second kappa shape index (κ2) is 11.1. The van der Waals surface area contributed by atoms with Gasteiger partial charge in [0, 0.05) is 39.8 Å². The Morgan fingerprint density at radius 1 is 0.575 bits per heavy atom. The quantitative estimate of drug-likeness (QED) is 0.175. The molecule has 2 aromatic carbocycles. The molecule has 2 saturated heterocycles. The Hall–Kier alpha value is -5.40. The molecule has 0 spiro atoms. The minimum Gasteiger partial charge on any atom is -0.419 e. The second-order valence-electron chi connectivity index (χ2n) is 9.11. The van der Waals surface area contributed by atoms with Gasteiger partial charge < -0.3 is 18.9 Å². The van der Waals surface area contributed by atoms with Crippen molar-refractivity contribution in [3.63, 3.8) is 0 Å². The third-order valence-electron chi connectivity index (χ3n) is 5.10. The largest absolute Gasteiger partial charge is 0.419 e. The summed E-state index contributed by atoms with van der Waals surface area (Å²) in [5.74, 6) is -6.16. The van der Waals surface area contributed by atoms with E-state index in [0.717, 1.165) is 12.2 Å². The zero-order valence-corrected chi connectivity index (χ0v) is 21.6. The molecule has 4 rings (SSSR count). The summed E-state index contributed by atoms with van der Waals surface area (Å²) in [5, 5.41) is 21.7. The van der Waals surface area contributed by atoms with Crippen LogP contribution in [0.2, 0.25) is 0 Å². The molecule has 0 aliphatic carbocycles. The first-order valence-corrected chi connectivity index (χ1v) is 11.4. The summed E-state index contributed by atoms with van der Waals surface area (Å²) >= 11 is 0. The van der Waals surface area contributed by atoms with Crippen LogP contribution < -0.4 is 0 Å². The van der Waals surface area contributed by atoms with Gasteiger partial charge in [-0.05, 0) is 24.3 Å². The fourth-order valence-corrected chi connectivity index (χ4v) is 3.42.